The number of thiol groups is 1. The Bertz CT molecular complexity index is 181. The average Bonchev–Trinajstić information content (AvgIpc) is 1.96. The number of hydrogen-bond acceptors (Lipinski definition) is 3. The van der Waals surface area contributed by atoms with Crippen LogP contribution in [0.3, 0.4) is 0 Å². The van der Waals surface area contributed by atoms with Gasteiger partial charge in [0.05, 0.1) is 6.42 Å². The van der Waals surface area contributed by atoms with Crippen LogP contribution in [-0.4, -0.2) is 27.4 Å². The molecular formula is C8H14O4S. The lowest BCUT2D eigenvalue weighted by atomic mass is 10.1. The molecule has 76 valence electrons. The molecule has 0 unspecified atom stereocenters. The summed E-state index contributed by atoms with van der Waals surface area (Å²) < 4.78 is 0. The Morgan fingerprint density at radius 2 is 1.77 bits per heavy atom. The van der Waals surface area contributed by atoms with Crippen molar-refractivity contribution < 1.29 is 19.8 Å². The van der Waals surface area contributed by atoms with Crippen molar-refractivity contribution in [2.45, 2.75) is 37.4 Å². The first-order valence-electron chi connectivity index (χ1n) is 4.14. The molecule has 1 atom stereocenters. The lowest BCUT2D eigenvalue weighted by Gasteiger charge is -2.05. The molecule has 5 heteroatoms. The fourth-order valence-electron chi connectivity index (χ4n) is 0.960. The summed E-state index contributed by atoms with van der Waals surface area (Å²) in [6.45, 7) is 0. The highest BCUT2D eigenvalue weighted by atomic mass is 32.1. The smallest absolute Gasteiger partial charge is 0.304 e. The number of rotatable bonds is 7. The van der Waals surface area contributed by atoms with E-state index in [2.05, 4.69) is 12.6 Å². The van der Waals surface area contributed by atoms with Crippen molar-refractivity contribution in [1.29, 1.82) is 0 Å². The number of aliphatic carboxylic acids is 2. The second kappa shape index (κ2) is 6.77. The van der Waals surface area contributed by atoms with Gasteiger partial charge in [0.15, 0.2) is 0 Å². The first kappa shape index (κ1) is 12.3. The Hall–Kier alpha value is -0.710. The van der Waals surface area contributed by atoms with Gasteiger partial charge < -0.3 is 10.2 Å². The summed E-state index contributed by atoms with van der Waals surface area (Å²) in [7, 11) is 0. The van der Waals surface area contributed by atoms with Crippen molar-refractivity contribution in [2.75, 3.05) is 0 Å². The van der Waals surface area contributed by atoms with E-state index in [1.807, 2.05) is 0 Å². The van der Waals surface area contributed by atoms with E-state index in [9.17, 15) is 9.59 Å². The Labute approximate surface area is 82.4 Å². The van der Waals surface area contributed by atoms with Gasteiger partial charge in [-0.05, 0) is 12.8 Å². The average molecular weight is 206 g/mol. The highest BCUT2D eigenvalue weighted by molar-refractivity contribution is 7.81. The zero-order chi connectivity index (χ0) is 10.3. The van der Waals surface area contributed by atoms with Crippen LogP contribution in [0, 0.1) is 0 Å². The molecule has 0 aliphatic carbocycles. The topological polar surface area (TPSA) is 74.6 Å². The number of carbonyl (C=O) groups is 2. The molecule has 13 heavy (non-hydrogen) atoms. The van der Waals surface area contributed by atoms with Crippen molar-refractivity contribution in [1.82, 2.24) is 0 Å². The van der Waals surface area contributed by atoms with Gasteiger partial charge in [-0.15, -0.1) is 0 Å². The molecule has 0 spiro atoms. The fraction of sp³-hybridized carbons (Fsp3) is 0.750. The molecule has 0 aliphatic rings. The Morgan fingerprint density at radius 3 is 2.23 bits per heavy atom. The third kappa shape index (κ3) is 9.20. The summed E-state index contributed by atoms with van der Waals surface area (Å²) in [5.74, 6) is -1.67. The second-order valence-electron chi connectivity index (χ2n) is 2.89. The monoisotopic (exact) mass is 206 g/mol. The highest BCUT2D eigenvalue weighted by Gasteiger charge is 2.08. The van der Waals surface area contributed by atoms with Crippen molar-refractivity contribution in [3.8, 4) is 0 Å². The predicted octanol–water partition coefficient (Wildman–Crippen LogP) is 1.40. The molecule has 0 fully saturated rings. The fourth-order valence-corrected chi connectivity index (χ4v) is 1.30. The van der Waals surface area contributed by atoms with Gasteiger partial charge in [-0.3, -0.25) is 9.59 Å². The van der Waals surface area contributed by atoms with Crippen LogP contribution in [0.15, 0.2) is 0 Å². The number of carboxylic acid groups (broad SMARTS) is 2. The van der Waals surface area contributed by atoms with E-state index in [1.165, 1.54) is 0 Å². The lowest BCUT2D eigenvalue weighted by Crippen LogP contribution is -2.07. The minimum atomic E-state index is -0.863. The van der Waals surface area contributed by atoms with Gasteiger partial charge in [0.1, 0.15) is 0 Å². The predicted molar refractivity (Wildman–Crippen MR) is 51.1 cm³/mol. The molecule has 0 bridgehead atoms. The lowest BCUT2D eigenvalue weighted by molar-refractivity contribution is -0.138. The van der Waals surface area contributed by atoms with E-state index in [0.717, 1.165) is 0 Å². The molecule has 0 aromatic carbocycles. The quantitative estimate of drug-likeness (QED) is 0.435. The van der Waals surface area contributed by atoms with Gasteiger partial charge in [-0.25, -0.2) is 0 Å². The molecule has 0 saturated heterocycles. The van der Waals surface area contributed by atoms with E-state index < -0.39 is 11.9 Å². The molecule has 0 heterocycles. The summed E-state index contributed by atoms with van der Waals surface area (Å²) in [5.41, 5.74) is 0. The van der Waals surface area contributed by atoms with Crippen LogP contribution in [0.25, 0.3) is 0 Å². The molecule has 0 rings (SSSR count). The van der Waals surface area contributed by atoms with Gasteiger partial charge in [0, 0.05) is 11.7 Å². The van der Waals surface area contributed by atoms with Crippen LogP contribution in [-0.2, 0) is 9.59 Å². The third-order valence-electron chi connectivity index (χ3n) is 1.59. The summed E-state index contributed by atoms with van der Waals surface area (Å²) in [4.78, 5) is 20.3. The molecule has 0 radical (unpaired) electrons. The second-order valence-corrected chi connectivity index (χ2v) is 3.62. The minimum Gasteiger partial charge on any atom is -0.481 e. The first-order chi connectivity index (χ1) is 6.02. The van der Waals surface area contributed by atoms with Gasteiger partial charge in [0.2, 0.25) is 0 Å². The van der Waals surface area contributed by atoms with Crippen molar-refractivity contribution in [3.05, 3.63) is 0 Å². The van der Waals surface area contributed by atoms with E-state index in [0.29, 0.717) is 19.3 Å². The SMILES string of the molecule is O=C(O)CCCC[C@@H](S)CC(=O)O. The zero-order valence-electron chi connectivity index (χ0n) is 7.27. The Kier molecular flexibility index (Phi) is 6.40. The molecule has 4 nitrogen and oxygen atoms in total. The van der Waals surface area contributed by atoms with Gasteiger partial charge >= 0.3 is 11.9 Å². The van der Waals surface area contributed by atoms with Crippen LogP contribution >= 0.6 is 12.6 Å². The van der Waals surface area contributed by atoms with Gasteiger partial charge in [-0.1, -0.05) is 6.42 Å². The summed E-state index contributed by atoms with van der Waals surface area (Å²) in [6, 6.07) is 0. The van der Waals surface area contributed by atoms with Gasteiger partial charge in [-0.2, -0.15) is 12.6 Å². The van der Waals surface area contributed by atoms with Crippen molar-refractivity contribution in [3.63, 3.8) is 0 Å². The summed E-state index contributed by atoms with van der Waals surface area (Å²) in [6.07, 6.45) is 2.15. The molecule has 0 saturated carbocycles. The number of carboxylic acids is 2. The maximum atomic E-state index is 10.2. The van der Waals surface area contributed by atoms with Crippen LogP contribution in [0.2, 0.25) is 0 Å². The number of hydrogen-bond donors (Lipinski definition) is 3. The Balaban J connectivity index is 3.31. The summed E-state index contributed by atoms with van der Waals surface area (Å²) >= 11 is 4.07. The normalized spacial score (nSPS) is 12.4. The molecule has 0 aromatic rings. The maximum absolute atomic E-state index is 10.2. The first-order valence-corrected chi connectivity index (χ1v) is 4.65. The maximum Gasteiger partial charge on any atom is 0.304 e. The largest absolute Gasteiger partial charge is 0.481 e. The van der Waals surface area contributed by atoms with Crippen LogP contribution < -0.4 is 0 Å². The van der Waals surface area contributed by atoms with E-state index in [4.69, 9.17) is 10.2 Å². The van der Waals surface area contributed by atoms with E-state index >= 15 is 0 Å². The summed E-state index contributed by atoms with van der Waals surface area (Å²) in [5, 5.41) is 16.5. The van der Waals surface area contributed by atoms with Gasteiger partial charge in [0.25, 0.3) is 0 Å². The molecular weight excluding hydrogens is 192 g/mol. The van der Waals surface area contributed by atoms with Crippen molar-refractivity contribution in [2.24, 2.45) is 0 Å². The standard InChI is InChI=1S/C8H14O4S/c9-7(10)4-2-1-3-6(13)5-8(11)12/h6,13H,1-5H2,(H,9,10)(H,11,12)/t6-/m1/s1. The van der Waals surface area contributed by atoms with E-state index in [1.54, 1.807) is 0 Å². The molecule has 0 aromatic heterocycles. The molecule has 0 aliphatic heterocycles. The third-order valence-corrected chi connectivity index (χ3v) is 2.03. The van der Waals surface area contributed by atoms with Crippen molar-refractivity contribution >= 4 is 24.6 Å². The van der Waals surface area contributed by atoms with Crippen LogP contribution in [0.5, 0.6) is 0 Å². The minimum absolute atomic E-state index is 0.0379. The van der Waals surface area contributed by atoms with Crippen LogP contribution in [0.4, 0.5) is 0 Å². The highest BCUT2D eigenvalue weighted by Crippen LogP contribution is 2.11. The Morgan fingerprint density at radius 1 is 1.15 bits per heavy atom. The van der Waals surface area contributed by atoms with E-state index in [-0.39, 0.29) is 18.1 Å². The van der Waals surface area contributed by atoms with Crippen LogP contribution in [0.1, 0.15) is 32.1 Å². The zero-order valence-corrected chi connectivity index (χ0v) is 8.17. The molecule has 0 amide bonds. The number of unbranched alkanes of at least 4 members (excludes halogenated alkanes) is 1. The molecule has 2 N–H and O–H groups in total.